The van der Waals surface area contributed by atoms with Crippen molar-refractivity contribution in [3.8, 4) is 5.75 Å². The third-order valence-electron chi connectivity index (χ3n) is 3.83. The van der Waals surface area contributed by atoms with Crippen molar-refractivity contribution in [2.75, 3.05) is 6.61 Å². The van der Waals surface area contributed by atoms with Crippen LogP contribution in [0.15, 0.2) is 44.7 Å². The number of ether oxygens (including phenoxy) is 1. The van der Waals surface area contributed by atoms with Crippen LogP contribution in [0.25, 0.3) is 11.0 Å². The molecule has 1 amide bonds. The Labute approximate surface area is 147 Å². The van der Waals surface area contributed by atoms with Gasteiger partial charge in [0, 0.05) is 13.2 Å². The highest BCUT2D eigenvalue weighted by Crippen LogP contribution is 2.18. The van der Waals surface area contributed by atoms with E-state index in [-0.39, 0.29) is 17.6 Å². The molecule has 136 valence electrons. The van der Waals surface area contributed by atoms with Crippen LogP contribution < -0.4 is 21.3 Å². The average Bonchev–Trinajstić information content (AvgIpc) is 3.15. The highest BCUT2D eigenvalue weighted by atomic mass is 16.5. The number of aryl methyl sites for hydroxylation is 1. The Hall–Kier alpha value is -3.36. The zero-order valence-corrected chi connectivity index (χ0v) is 14.4. The van der Waals surface area contributed by atoms with Gasteiger partial charge in [-0.25, -0.2) is 14.3 Å². The standard InChI is InChI=1S/C17H18N4O5/c1-3-25-12-6-7-18-15-14(12)16(23)21(17(24)20(15)2)10-13(22)19-9-11-5-4-8-26-11/h4-8H,3,9-10H2,1-2H3,(H,19,22). The summed E-state index contributed by atoms with van der Waals surface area (Å²) in [5.41, 5.74) is -1.04. The van der Waals surface area contributed by atoms with E-state index in [1.807, 2.05) is 0 Å². The van der Waals surface area contributed by atoms with Crippen LogP contribution in [-0.4, -0.2) is 26.6 Å². The number of amides is 1. The molecule has 0 aliphatic heterocycles. The first kappa shape index (κ1) is 17.5. The van der Waals surface area contributed by atoms with Gasteiger partial charge >= 0.3 is 5.69 Å². The summed E-state index contributed by atoms with van der Waals surface area (Å²) in [5.74, 6) is 0.407. The lowest BCUT2D eigenvalue weighted by atomic mass is 10.3. The number of hydrogen-bond acceptors (Lipinski definition) is 6. The maximum absolute atomic E-state index is 12.8. The van der Waals surface area contributed by atoms with E-state index in [1.165, 1.54) is 24.1 Å². The van der Waals surface area contributed by atoms with Gasteiger partial charge in [0.25, 0.3) is 5.56 Å². The Morgan fingerprint density at radius 2 is 2.15 bits per heavy atom. The number of hydrogen-bond donors (Lipinski definition) is 1. The molecule has 26 heavy (non-hydrogen) atoms. The highest BCUT2D eigenvalue weighted by molar-refractivity contribution is 5.81. The lowest BCUT2D eigenvalue weighted by molar-refractivity contribution is -0.122. The lowest BCUT2D eigenvalue weighted by Crippen LogP contribution is -2.43. The molecule has 0 fully saturated rings. The summed E-state index contributed by atoms with van der Waals surface area (Å²) in [6, 6.07) is 4.97. The lowest BCUT2D eigenvalue weighted by Gasteiger charge is -2.12. The van der Waals surface area contributed by atoms with E-state index in [4.69, 9.17) is 9.15 Å². The van der Waals surface area contributed by atoms with Crippen LogP contribution in [0.4, 0.5) is 0 Å². The summed E-state index contributed by atoms with van der Waals surface area (Å²) in [5, 5.41) is 2.77. The van der Waals surface area contributed by atoms with Gasteiger partial charge in [0.1, 0.15) is 23.4 Å². The van der Waals surface area contributed by atoms with Gasteiger partial charge in [0.05, 0.1) is 19.4 Å². The van der Waals surface area contributed by atoms with Crippen LogP contribution in [0, 0.1) is 0 Å². The maximum Gasteiger partial charge on any atom is 0.332 e. The predicted octanol–water partition coefficient (Wildman–Crippen LogP) is 0.403. The number of aromatic nitrogens is 3. The minimum absolute atomic E-state index is 0.162. The second-order valence-electron chi connectivity index (χ2n) is 5.53. The largest absolute Gasteiger partial charge is 0.493 e. The molecule has 0 radical (unpaired) electrons. The van der Waals surface area contributed by atoms with Gasteiger partial charge < -0.3 is 14.5 Å². The Morgan fingerprint density at radius 1 is 1.35 bits per heavy atom. The first-order valence-electron chi connectivity index (χ1n) is 8.03. The first-order valence-corrected chi connectivity index (χ1v) is 8.03. The van der Waals surface area contributed by atoms with Gasteiger partial charge in [-0.2, -0.15) is 0 Å². The Morgan fingerprint density at radius 3 is 2.85 bits per heavy atom. The molecule has 0 aliphatic rings. The van der Waals surface area contributed by atoms with Crippen molar-refractivity contribution in [2.24, 2.45) is 7.05 Å². The molecule has 3 aromatic rings. The molecule has 0 saturated carbocycles. The monoisotopic (exact) mass is 358 g/mol. The summed E-state index contributed by atoms with van der Waals surface area (Å²) < 4.78 is 12.7. The topological polar surface area (TPSA) is 108 Å². The van der Waals surface area contributed by atoms with Crippen LogP contribution in [0.3, 0.4) is 0 Å². The van der Waals surface area contributed by atoms with E-state index in [9.17, 15) is 14.4 Å². The number of fused-ring (bicyclic) bond motifs is 1. The molecule has 0 bridgehead atoms. The first-order chi connectivity index (χ1) is 12.5. The van der Waals surface area contributed by atoms with Crippen molar-refractivity contribution in [1.29, 1.82) is 0 Å². The zero-order valence-electron chi connectivity index (χ0n) is 14.4. The van der Waals surface area contributed by atoms with Crippen molar-refractivity contribution in [3.05, 3.63) is 57.3 Å². The minimum Gasteiger partial charge on any atom is -0.493 e. The van der Waals surface area contributed by atoms with Crippen molar-refractivity contribution in [2.45, 2.75) is 20.0 Å². The van der Waals surface area contributed by atoms with Gasteiger partial charge in [-0.3, -0.25) is 14.2 Å². The Bertz CT molecular complexity index is 1050. The van der Waals surface area contributed by atoms with Crippen LogP contribution in [0.1, 0.15) is 12.7 Å². The Kier molecular flexibility index (Phi) is 4.87. The SMILES string of the molecule is CCOc1ccnc2c1c(=O)n(CC(=O)NCc1ccco1)c(=O)n2C. The fraction of sp³-hybridized carbons (Fsp3) is 0.294. The summed E-state index contributed by atoms with van der Waals surface area (Å²) in [6.45, 7) is 1.89. The third-order valence-corrected chi connectivity index (χ3v) is 3.83. The molecule has 0 aromatic carbocycles. The summed E-state index contributed by atoms with van der Waals surface area (Å²) >= 11 is 0. The molecule has 9 nitrogen and oxygen atoms in total. The molecule has 9 heteroatoms. The summed E-state index contributed by atoms with van der Waals surface area (Å²) in [7, 11) is 1.49. The van der Waals surface area contributed by atoms with Gasteiger partial charge in [-0.1, -0.05) is 0 Å². The number of nitrogens with one attached hydrogen (secondary N) is 1. The summed E-state index contributed by atoms with van der Waals surface area (Å²) in [4.78, 5) is 41.5. The second-order valence-corrected chi connectivity index (χ2v) is 5.53. The molecule has 0 spiro atoms. The fourth-order valence-corrected chi connectivity index (χ4v) is 2.60. The van der Waals surface area contributed by atoms with Crippen LogP contribution in [-0.2, 0) is 24.9 Å². The predicted molar refractivity (Wildman–Crippen MR) is 93.0 cm³/mol. The summed E-state index contributed by atoms with van der Waals surface area (Å²) in [6.07, 6.45) is 2.96. The molecule has 0 aliphatic carbocycles. The molecular formula is C17H18N4O5. The third kappa shape index (κ3) is 3.23. The van der Waals surface area contributed by atoms with E-state index >= 15 is 0 Å². The zero-order chi connectivity index (χ0) is 18.7. The smallest absolute Gasteiger partial charge is 0.332 e. The van der Waals surface area contributed by atoms with Crippen LogP contribution in [0.2, 0.25) is 0 Å². The van der Waals surface area contributed by atoms with Crippen LogP contribution >= 0.6 is 0 Å². The normalized spacial score (nSPS) is 10.8. The molecule has 3 heterocycles. The van der Waals surface area contributed by atoms with Crippen molar-refractivity contribution in [1.82, 2.24) is 19.4 Å². The molecular weight excluding hydrogens is 340 g/mol. The molecule has 3 aromatic heterocycles. The number of rotatable bonds is 6. The molecule has 1 N–H and O–H groups in total. The van der Waals surface area contributed by atoms with Crippen molar-refractivity contribution in [3.63, 3.8) is 0 Å². The van der Waals surface area contributed by atoms with Crippen molar-refractivity contribution < 1.29 is 13.9 Å². The van der Waals surface area contributed by atoms with Gasteiger partial charge in [-0.05, 0) is 25.1 Å². The van der Waals surface area contributed by atoms with E-state index in [0.717, 1.165) is 4.57 Å². The van der Waals surface area contributed by atoms with E-state index in [0.29, 0.717) is 18.1 Å². The second kappa shape index (κ2) is 7.26. The number of carbonyl (C=O) groups excluding carboxylic acids is 1. The van der Waals surface area contributed by atoms with Crippen molar-refractivity contribution >= 4 is 16.9 Å². The van der Waals surface area contributed by atoms with Gasteiger partial charge in [0.2, 0.25) is 5.91 Å². The van der Waals surface area contributed by atoms with E-state index in [2.05, 4.69) is 10.3 Å². The average molecular weight is 358 g/mol. The van der Waals surface area contributed by atoms with Gasteiger partial charge in [0.15, 0.2) is 5.65 Å². The van der Waals surface area contributed by atoms with E-state index in [1.54, 1.807) is 25.1 Å². The highest BCUT2D eigenvalue weighted by Gasteiger charge is 2.18. The van der Waals surface area contributed by atoms with Crippen LogP contribution in [0.5, 0.6) is 5.75 Å². The van der Waals surface area contributed by atoms with Gasteiger partial charge in [-0.15, -0.1) is 0 Å². The number of nitrogens with zero attached hydrogens (tertiary/aromatic N) is 3. The number of furan rings is 1. The number of carbonyl (C=O) groups is 1. The number of pyridine rings is 1. The minimum atomic E-state index is -0.628. The quantitative estimate of drug-likeness (QED) is 0.683. The molecule has 3 rings (SSSR count). The van der Waals surface area contributed by atoms with E-state index < -0.39 is 23.7 Å². The molecule has 0 saturated heterocycles. The Balaban J connectivity index is 1.97. The maximum atomic E-state index is 12.8. The molecule has 0 atom stereocenters. The molecule has 0 unspecified atom stereocenters. The fourth-order valence-electron chi connectivity index (χ4n) is 2.60.